The second-order valence-corrected chi connectivity index (χ2v) is 5.28. The molecule has 0 saturated carbocycles. The molecule has 2 N–H and O–H groups in total. The average molecular weight is 335 g/mol. The molecule has 0 aliphatic heterocycles. The highest BCUT2D eigenvalue weighted by atomic mass is 35.5. The molecule has 0 fully saturated rings. The number of rotatable bonds is 8. The molecule has 0 aliphatic carbocycles. The number of carbonyl (C=O) groups excluding carboxylic acids is 1. The summed E-state index contributed by atoms with van der Waals surface area (Å²) in [6.07, 6.45) is 1.18. The molecule has 1 unspecified atom stereocenters. The molecule has 7 nitrogen and oxygen atoms in total. The molecule has 0 aliphatic rings. The Kier molecular flexibility index (Phi) is 8.58. The number of amides is 1. The van der Waals surface area contributed by atoms with Crippen molar-refractivity contribution in [3.8, 4) is 0 Å². The summed E-state index contributed by atoms with van der Waals surface area (Å²) in [5.41, 5.74) is 5.29. The standard InChI is InChI=1S/C14H26N4O3.ClH/c1-6-14(7-2,9-15)13(19)18(4)8-11-16-12(17-21-11)10(3)20-5;/h10H,6-9,15H2,1-5H3;1H. The Morgan fingerprint density at radius 1 is 1.45 bits per heavy atom. The van der Waals surface area contributed by atoms with Crippen LogP contribution in [-0.2, 0) is 16.1 Å². The number of carbonyl (C=O) groups is 1. The molecule has 0 aromatic carbocycles. The fourth-order valence-corrected chi connectivity index (χ4v) is 2.21. The minimum atomic E-state index is -0.516. The highest BCUT2D eigenvalue weighted by Crippen LogP contribution is 2.27. The van der Waals surface area contributed by atoms with E-state index in [4.69, 9.17) is 15.0 Å². The summed E-state index contributed by atoms with van der Waals surface area (Å²) in [6, 6.07) is 0. The third kappa shape index (κ3) is 4.41. The molecule has 22 heavy (non-hydrogen) atoms. The van der Waals surface area contributed by atoms with Crippen molar-refractivity contribution >= 4 is 18.3 Å². The van der Waals surface area contributed by atoms with E-state index in [1.165, 1.54) is 0 Å². The molecular weight excluding hydrogens is 308 g/mol. The van der Waals surface area contributed by atoms with Gasteiger partial charge >= 0.3 is 0 Å². The van der Waals surface area contributed by atoms with Crippen molar-refractivity contribution in [2.24, 2.45) is 11.1 Å². The van der Waals surface area contributed by atoms with Crippen LogP contribution >= 0.6 is 12.4 Å². The lowest BCUT2D eigenvalue weighted by molar-refractivity contribution is -0.141. The van der Waals surface area contributed by atoms with Gasteiger partial charge in [0, 0.05) is 20.7 Å². The van der Waals surface area contributed by atoms with Gasteiger partial charge in [0.15, 0.2) is 5.82 Å². The monoisotopic (exact) mass is 334 g/mol. The van der Waals surface area contributed by atoms with E-state index in [1.807, 2.05) is 20.8 Å². The van der Waals surface area contributed by atoms with Crippen molar-refractivity contribution in [2.45, 2.75) is 46.3 Å². The molecule has 0 bridgehead atoms. The third-order valence-corrected chi connectivity index (χ3v) is 4.12. The number of hydrogen-bond acceptors (Lipinski definition) is 6. The number of nitrogens with zero attached hydrogens (tertiary/aromatic N) is 3. The molecule has 0 spiro atoms. The lowest BCUT2D eigenvalue weighted by Crippen LogP contribution is -2.45. The maximum atomic E-state index is 12.6. The largest absolute Gasteiger partial charge is 0.374 e. The van der Waals surface area contributed by atoms with Gasteiger partial charge in [0.1, 0.15) is 6.10 Å². The molecule has 128 valence electrons. The quantitative estimate of drug-likeness (QED) is 0.780. The van der Waals surface area contributed by atoms with Crippen LogP contribution in [0.4, 0.5) is 0 Å². The van der Waals surface area contributed by atoms with E-state index in [2.05, 4.69) is 10.1 Å². The van der Waals surface area contributed by atoms with Gasteiger partial charge in [-0.2, -0.15) is 4.98 Å². The number of hydrogen-bond donors (Lipinski definition) is 1. The molecular formula is C14H27ClN4O3. The topological polar surface area (TPSA) is 94.5 Å². The van der Waals surface area contributed by atoms with Crippen molar-refractivity contribution in [1.29, 1.82) is 0 Å². The summed E-state index contributed by atoms with van der Waals surface area (Å²) in [5.74, 6) is 0.877. The van der Waals surface area contributed by atoms with Crippen molar-refractivity contribution in [3.05, 3.63) is 11.7 Å². The molecule has 1 heterocycles. The average Bonchev–Trinajstić information content (AvgIpc) is 2.97. The van der Waals surface area contributed by atoms with E-state index in [1.54, 1.807) is 19.1 Å². The first kappa shape index (κ1) is 20.8. The first-order valence-corrected chi connectivity index (χ1v) is 7.25. The summed E-state index contributed by atoms with van der Waals surface area (Å²) in [4.78, 5) is 18.4. The summed E-state index contributed by atoms with van der Waals surface area (Å²) >= 11 is 0. The van der Waals surface area contributed by atoms with E-state index in [9.17, 15) is 4.79 Å². The molecule has 1 amide bonds. The van der Waals surface area contributed by atoms with E-state index in [0.29, 0.717) is 31.1 Å². The van der Waals surface area contributed by atoms with Crippen molar-refractivity contribution in [1.82, 2.24) is 15.0 Å². The number of aromatic nitrogens is 2. The highest BCUT2D eigenvalue weighted by Gasteiger charge is 2.36. The minimum Gasteiger partial charge on any atom is -0.374 e. The van der Waals surface area contributed by atoms with Gasteiger partial charge in [0.05, 0.1) is 12.0 Å². The summed E-state index contributed by atoms with van der Waals surface area (Å²) in [7, 11) is 3.30. The smallest absolute Gasteiger partial charge is 0.246 e. The van der Waals surface area contributed by atoms with E-state index in [-0.39, 0.29) is 31.0 Å². The Labute approximate surface area is 138 Å². The minimum absolute atomic E-state index is 0. The van der Waals surface area contributed by atoms with Crippen LogP contribution < -0.4 is 5.73 Å². The van der Waals surface area contributed by atoms with Gasteiger partial charge in [-0.15, -0.1) is 12.4 Å². The number of methoxy groups -OCH3 is 1. The fraction of sp³-hybridized carbons (Fsp3) is 0.786. The number of ether oxygens (including phenoxy) is 1. The summed E-state index contributed by atoms with van der Waals surface area (Å²) < 4.78 is 10.3. The molecule has 1 aromatic rings. The Hall–Kier alpha value is -1.18. The Morgan fingerprint density at radius 2 is 2.05 bits per heavy atom. The predicted octanol–water partition coefficient (Wildman–Crippen LogP) is 1.92. The van der Waals surface area contributed by atoms with Crippen molar-refractivity contribution < 1.29 is 14.1 Å². The first-order chi connectivity index (χ1) is 9.93. The zero-order valence-corrected chi connectivity index (χ0v) is 14.8. The molecule has 0 saturated heterocycles. The lowest BCUT2D eigenvalue weighted by atomic mass is 9.81. The normalized spacial score (nSPS) is 12.6. The van der Waals surface area contributed by atoms with Gasteiger partial charge in [0.2, 0.25) is 11.8 Å². The van der Waals surface area contributed by atoms with Crippen molar-refractivity contribution in [2.75, 3.05) is 20.7 Å². The fourth-order valence-electron chi connectivity index (χ4n) is 2.21. The molecule has 1 rings (SSSR count). The third-order valence-electron chi connectivity index (χ3n) is 4.12. The van der Waals surface area contributed by atoms with Crippen LogP contribution in [0.1, 0.15) is 51.4 Å². The van der Waals surface area contributed by atoms with Crippen LogP contribution in [0.5, 0.6) is 0 Å². The van der Waals surface area contributed by atoms with Crippen LogP contribution in [0.3, 0.4) is 0 Å². The Bertz CT molecular complexity index is 454. The van der Waals surface area contributed by atoms with Gasteiger partial charge in [-0.05, 0) is 19.8 Å². The van der Waals surface area contributed by atoms with E-state index < -0.39 is 5.41 Å². The van der Waals surface area contributed by atoms with Crippen LogP contribution in [0.15, 0.2) is 4.52 Å². The van der Waals surface area contributed by atoms with Gasteiger partial charge < -0.3 is 19.9 Å². The zero-order chi connectivity index (χ0) is 16.0. The van der Waals surface area contributed by atoms with Crippen LogP contribution in [0, 0.1) is 5.41 Å². The first-order valence-electron chi connectivity index (χ1n) is 7.25. The SMILES string of the molecule is CCC(CC)(CN)C(=O)N(C)Cc1nc(C(C)OC)no1.Cl. The Balaban J connectivity index is 0.00000441. The van der Waals surface area contributed by atoms with E-state index in [0.717, 1.165) is 0 Å². The van der Waals surface area contributed by atoms with Crippen LogP contribution in [0.2, 0.25) is 0 Å². The summed E-state index contributed by atoms with van der Waals surface area (Å²) in [5, 5.41) is 3.85. The molecule has 1 atom stereocenters. The van der Waals surface area contributed by atoms with Gasteiger partial charge in [-0.3, -0.25) is 4.79 Å². The van der Waals surface area contributed by atoms with Crippen LogP contribution in [0.25, 0.3) is 0 Å². The molecule has 8 heteroatoms. The summed E-state index contributed by atoms with van der Waals surface area (Å²) in [6.45, 7) is 6.39. The van der Waals surface area contributed by atoms with Gasteiger partial charge in [-0.1, -0.05) is 19.0 Å². The van der Waals surface area contributed by atoms with Crippen molar-refractivity contribution in [3.63, 3.8) is 0 Å². The highest BCUT2D eigenvalue weighted by molar-refractivity contribution is 5.85. The number of halogens is 1. The zero-order valence-electron chi connectivity index (χ0n) is 14.0. The number of nitrogens with two attached hydrogens (primary N) is 1. The maximum Gasteiger partial charge on any atom is 0.246 e. The van der Waals surface area contributed by atoms with Gasteiger partial charge in [-0.25, -0.2) is 0 Å². The lowest BCUT2D eigenvalue weighted by Gasteiger charge is -2.32. The molecule has 1 aromatic heterocycles. The Morgan fingerprint density at radius 3 is 2.50 bits per heavy atom. The molecule has 0 radical (unpaired) electrons. The predicted molar refractivity (Wildman–Crippen MR) is 85.5 cm³/mol. The van der Waals surface area contributed by atoms with Gasteiger partial charge in [0.25, 0.3) is 0 Å². The second kappa shape index (κ2) is 9.07. The van der Waals surface area contributed by atoms with Crippen LogP contribution in [-0.4, -0.2) is 41.6 Å². The van der Waals surface area contributed by atoms with E-state index >= 15 is 0 Å². The second-order valence-electron chi connectivity index (χ2n) is 5.28. The maximum absolute atomic E-state index is 12.6.